The molecule has 1 aromatic rings. The molecule has 1 amide bonds. The van der Waals surface area contributed by atoms with E-state index >= 15 is 0 Å². The van der Waals surface area contributed by atoms with Gasteiger partial charge >= 0.3 is 0 Å². The summed E-state index contributed by atoms with van der Waals surface area (Å²) in [7, 11) is 0. The van der Waals surface area contributed by atoms with E-state index in [4.69, 9.17) is 0 Å². The molecule has 0 saturated carbocycles. The maximum Gasteiger partial charge on any atom is 0.237 e. The van der Waals surface area contributed by atoms with Crippen LogP contribution in [0, 0.1) is 0 Å². The molecular formula is C14H20N2O2. The fourth-order valence-corrected chi connectivity index (χ4v) is 2.07. The number of hydrogen-bond donors (Lipinski definition) is 3. The predicted molar refractivity (Wildman–Crippen MR) is 70.1 cm³/mol. The van der Waals surface area contributed by atoms with Gasteiger partial charge in [0.25, 0.3) is 0 Å². The molecule has 0 aromatic heterocycles. The molecule has 1 unspecified atom stereocenters. The first kappa shape index (κ1) is 13.1. The van der Waals surface area contributed by atoms with Crippen LogP contribution >= 0.6 is 0 Å². The zero-order valence-corrected chi connectivity index (χ0v) is 10.9. The van der Waals surface area contributed by atoms with Crippen LogP contribution in [0.15, 0.2) is 24.3 Å². The quantitative estimate of drug-likeness (QED) is 0.733. The van der Waals surface area contributed by atoms with Gasteiger partial charge in [-0.2, -0.15) is 0 Å². The molecule has 0 aliphatic carbocycles. The number of carbonyl (C=O) groups excluding carboxylic acids is 1. The van der Waals surface area contributed by atoms with E-state index in [1.165, 1.54) is 11.1 Å². The molecule has 18 heavy (non-hydrogen) atoms. The van der Waals surface area contributed by atoms with Crippen molar-refractivity contribution in [1.82, 2.24) is 10.6 Å². The number of nitrogens with one attached hydrogen (secondary N) is 2. The molecule has 4 nitrogen and oxygen atoms in total. The van der Waals surface area contributed by atoms with Gasteiger partial charge in [0, 0.05) is 13.1 Å². The van der Waals surface area contributed by atoms with Crippen molar-refractivity contribution in [3.8, 4) is 0 Å². The largest absolute Gasteiger partial charge is 0.389 e. The number of carbonyl (C=O) groups is 1. The molecule has 0 bridgehead atoms. The van der Waals surface area contributed by atoms with E-state index in [-0.39, 0.29) is 18.5 Å². The summed E-state index contributed by atoms with van der Waals surface area (Å²) in [6.07, 6.45) is 0.702. The van der Waals surface area contributed by atoms with Gasteiger partial charge in [0.2, 0.25) is 5.91 Å². The van der Waals surface area contributed by atoms with E-state index in [0.717, 1.165) is 6.54 Å². The molecule has 98 valence electrons. The molecule has 0 fully saturated rings. The molecule has 1 aromatic carbocycles. The molecule has 1 heterocycles. The number of benzene rings is 1. The second kappa shape index (κ2) is 5.08. The van der Waals surface area contributed by atoms with Crippen LogP contribution in [0.4, 0.5) is 0 Å². The fraction of sp³-hybridized carbons (Fsp3) is 0.500. The highest BCUT2D eigenvalue weighted by Gasteiger charge is 2.24. The predicted octanol–water partition coefficient (Wildman–Crippen LogP) is 0.588. The van der Waals surface area contributed by atoms with E-state index in [1.807, 2.05) is 12.1 Å². The number of rotatable bonds is 3. The smallest absolute Gasteiger partial charge is 0.237 e. The minimum Gasteiger partial charge on any atom is -0.389 e. The third kappa shape index (κ3) is 3.31. The lowest BCUT2D eigenvalue weighted by molar-refractivity contribution is -0.124. The van der Waals surface area contributed by atoms with Crippen molar-refractivity contribution in [3.63, 3.8) is 0 Å². The summed E-state index contributed by atoms with van der Waals surface area (Å²) in [5.41, 5.74) is 1.60. The number of hydrogen-bond acceptors (Lipinski definition) is 3. The van der Waals surface area contributed by atoms with Crippen molar-refractivity contribution >= 4 is 5.91 Å². The lowest BCUT2D eigenvalue weighted by Gasteiger charge is -2.26. The zero-order valence-electron chi connectivity index (χ0n) is 10.9. The van der Waals surface area contributed by atoms with Gasteiger partial charge in [0.05, 0.1) is 11.6 Å². The van der Waals surface area contributed by atoms with Crippen LogP contribution in [0.1, 0.15) is 25.0 Å². The van der Waals surface area contributed by atoms with Gasteiger partial charge in [-0.1, -0.05) is 24.3 Å². The highest BCUT2D eigenvalue weighted by molar-refractivity contribution is 5.82. The molecular weight excluding hydrogens is 228 g/mol. The van der Waals surface area contributed by atoms with E-state index in [0.29, 0.717) is 6.42 Å². The molecule has 0 spiro atoms. The van der Waals surface area contributed by atoms with Crippen molar-refractivity contribution in [3.05, 3.63) is 35.4 Å². The first-order chi connectivity index (χ1) is 8.46. The average molecular weight is 248 g/mol. The first-order valence-electron chi connectivity index (χ1n) is 6.26. The second-order valence-electron chi connectivity index (χ2n) is 5.44. The maximum atomic E-state index is 12.0. The third-order valence-corrected chi connectivity index (χ3v) is 3.09. The minimum atomic E-state index is -0.873. The number of aliphatic hydroxyl groups is 1. The van der Waals surface area contributed by atoms with Crippen molar-refractivity contribution < 1.29 is 9.90 Å². The van der Waals surface area contributed by atoms with Crippen LogP contribution in [0.5, 0.6) is 0 Å². The van der Waals surface area contributed by atoms with Crippen molar-refractivity contribution in [2.45, 2.75) is 38.5 Å². The van der Waals surface area contributed by atoms with E-state index < -0.39 is 5.60 Å². The fourth-order valence-electron chi connectivity index (χ4n) is 2.07. The van der Waals surface area contributed by atoms with Crippen LogP contribution in [-0.2, 0) is 17.8 Å². The summed E-state index contributed by atoms with van der Waals surface area (Å²) in [5, 5.41) is 15.6. The van der Waals surface area contributed by atoms with Crippen molar-refractivity contribution in [2.24, 2.45) is 0 Å². The minimum absolute atomic E-state index is 0.0494. The Balaban J connectivity index is 1.95. The van der Waals surface area contributed by atoms with Gasteiger partial charge in [0.15, 0.2) is 0 Å². The SMILES string of the molecule is CC(C)(O)CNC(=O)C1Cc2ccccc2CN1. The highest BCUT2D eigenvalue weighted by atomic mass is 16.3. The standard InChI is InChI=1S/C14H20N2O2/c1-14(2,18)9-16-13(17)12-7-10-5-3-4-6-11(10)8-15-12/h3-6,12,15,18H,7-9H2,1-2H3,(H,16,17). The molecule has 0 radical (unpaired) electrons. The average Bonchev–Trinajstić information content (AvgIpc) is 2.34. The topological polar surface area (TPSA) is 61.4 Å². The van der Waals surface area contributed by atoms with Crippen molar-refractivity contribution in [2.75, 3.05) is 6.54 Å². The van der Waals surface area contributed by atoms with Gasteiger partial charge in [-0.3, -0.25) is 4.79 Å². The molecule has 1 atom stereocenters. The number of amides is 1. The Morgan fingerprint density at radius 1 is 1.44 bits per heavy atom. The summed E-state index contributed by atoms with van der Waals surface area (Å²) in [5.74, 6) is -0.0494. The second-order valence-corrected chi connectivity index (χ2v) is 5.44. The summed E-state index contributed by atoms with van der Waals surface area (Å²) >= 11 is 0. The first-order valence-corrected chi connectivity index (χ1v) is 6.26. The molecule has 0 saturated heterocycles. The van der Waals surface area contributed by atoms with Gasteiger partial charge in [-0.05, 0) is 31.4 Å². The van der Waals surface area contributed by atoms with Crippen LogP contribution in [0.25, 0.3) is 0 Å². The summed E-state index contributed by atoms with van der Waals surface area (Å²) in [4.78, 5) is 12.0. The van der Waals surface area contributed by atoms with Gasteiger partial charge in [-0.15, -0.1) is 0 Å². The Hall–Kier alpha value is -1.39. The van der Waals surface area contributed by atoms with E-state index in [1.54, 1.807) is 13.8 Å². The Morgan fingerprint density at radius 2 is 2.11 bits per heavy atom. The lowest BCUT2D eigenvalue weighted by atomic mass is 9.95. The number of fused-ring (bicyclic) bond motifs is 1. The van der Waals surface area contributed by atoms with E-state index in [9.17, 15) is 9.90 Å². The molecule has 4 heteroatoms. The van der Waals surface area contributed by atoms with Crippen LogP contribution in [-0.4, -0.2) is 29.2 Å². The summed E-state index contributed by atoms with van der Waals surface area (Å²) in [6.45, 7) is 4.34. The van der Waals surface area contributed by atoms with Gasteiger partial charge in [-0.25, -0.2) is 0 Å². The van der Waals surface area contributed by atoms with Crippen LogP contribution in [0.2, 0.25) is 0 Å². The lowest BCUT2D eigenvalue weighted by Crippen LogP contribution is -2.50. The van der Waals surface area contributed by atoms with Crippen LogP contribution < -0.4 is 10.6 Å². The maximum absolute atomic E-state index is 12.0. The zero-order chi connectivity index (χ0) is 13.2. The Morgan fingerprint density at radius 3 is 2.78 bits per heavy atom. The Kier molecular flexibility index (Phi) is 3.68. The monoisotopic (exact) mass is 248 g/mol. The third-order valence-electron chi connectivity index (χ3n) is 3.09. The van der Waals surface area contributed by atoms with Gasteiger partial charge < -0.3 is 15.7 Å². The Labute approximate surface area is 107 Å². The molecule has 1 aliphatic heterocycles. The van der Waals surface area contributed by atoms with E-state index in [2.05, 4.69) is 22.8 Å². The van der Waals surface area contributed by atoms with Crippen LogP contribution in [0.3, 0.4) is 0 Å². The highest BCUT2D eigenvalue weighted by Crippen LogP contribution is 2.16. The Bertz CT molecular complexity index is 438. The molecule has 1 aliphatic rings. The molecule has 3 N–H and O–H groups in total. The van der Waals surface area contributed by atoms with Gasteiger partial charge in [0.1, 0.15) is 0 Å². The van der Waals surface area contributed by atoms with Crippen molar-refractivity contribution in [1.29, 1.82) is 0 Å². The summed E-state index contributed by atoms with van der Waals surface area (Å²) in [6, 6.07) is 7.94. The summed E-state index contributed by atoms with van der Waals surface area (Å²) < 4.78 is 0. The molecule has 2 rings (SSSR count). The normalized spacial score (nSPS) is 19.2.